The van der Waals surface area contributed by atoms with Crippen molar-refractivity contribution in [2.75, 3.05) is 18.5 Å². The van der Waals surface area contributed by atoms with Crippen LogP contribution in [-0.2, 0) is 4.74 Å². The molecule has 1 aromatic rings. The maximum absolute atomic E-state index is 6.22. The summed E-state index contributed by atoms with van der Waals surface area (Å²) in [6.45, 7) is 10.0. The molecule has 0 aromatic carbocycles. The van der Waals surface area contributed by atoms with Crippen molar-refractivity contribution in [2.45, 2.75) is 52.5 Å². The lowest BCUT2D eigenvalue weighted by molar-refractivity contribution is 0.0622. The Bertz CT molecular complexity index is 459. The first-order valence-electron chi connectivity index (χ1n) is 7.37. The van der Waals surface area contributed by atoms with Crippen LogP contribution >= 0.6 is 11.6 Å². The van der Waals surface area contributed by atoms with Gasteiger partial charge in [0.1, 0.15) is 16.8 Å². The first-order chi connectivity index (χ1) is 9.49. The molecule has 2 heterocycles. The summed E-state index contributed by atoms with van der Waals surface area (Å²) in [6, 6.07) is 0.364. The highest BCUT2D eigenvalue weighted by molar-refractivity contribution is 6.30. The van der Waals surface area contributed by atoms with Crippen molar-refractivity contribution >= 4 is 17.4 Å². The molecule has 1 aliphatic rings. The number of nitrogens with zero attached hydrogens (tertiary/aromatic N) is 2. The van der Waals surface area contributed by atoms with Crippen LogP contribution in [0.2, 0.25) is 5.15 Å². The monoisotopic (exact) mass is 297 g/mol. The van der Waals surface area contributed by atoms with E-state index in [9.17, 15) is 0 Å². The van der Waals surface area contributed by atoms with Gasteiger partial charge in [-0.1, -0.05) is 25.4 Å². The van der Waals surface area contributed by atoms with Crippen LogP contribution in [0.1, 0.15) is 50.9 Å². The number of hydrogen-bond donors (Lipinski definition) is 1. The van der Waals surface area contributed by atoms with E-state index in [2.05, 4.69) is 36.1 Å². The van der Waals surface area contributed by atoms with Gasteiger partial charge in [0.25, 0.3) is 0 Å². The van der Waals surface area contributed by atoms with Gasteiger partial charge in [0.2, 0.25) is 0 Å². The lowest BCUT2D eigenvalue weighted by Gasteiger charge is -2.29. The topological polar surface area (TPSA) is 47.0 Å². The first kappa shape index (κ1) is 15.5. The van der Waals surface area contributed by atoms with E-state index in [0.717, 1.165) is 43.3 Å². The van der Waals surface area contributed by atoms with Crippen molar-refractivity contribution in [3.05, 3.63) is 16.5 Å². The Hall–Kier alpha value is -0.870. The zero-order chi connectivity index (χ0) is 14.7. The summed E-state index contributed by atoms with van der Waals surface area (Å²) in [7, 11) is 0. The van der Waals surface area contributed by atoms with Gasteiger partial charge in [-0.05, 0) is 32.6 Å². The fourth-order valence-electron chi connectivity index (χ4n) is 2.45. The standard InChI is InChI=1S/C15H24ClN3O/c1-9(2)14-18-13(16)10(3)15(19-14)17-11(4)12-5-7-20-8-6-12/h9,11-12H,5-8H2,1-4H3,(H,17,18,19). The normalized spacial score (nSPS) is 18.3. The molecule has 0 saturated carbocycles. The summed E-state index contributed by atoms with van der Waals surface area (Å²) in [5.41, 5.74) is 0.926. The molecule has 1 fully saturated rings. The summed E-state index contributed by atoms with van der Waals surface area (Å²) in [6.07, 6.45) is 2.20. The lowest BCUT2D eigenvalue weighted by Crippen LogP contribution is -2.31. The third kappa shape index (κ3) is 3.61. The number of anilines is 1. The minimum Gasteiger partial charge on any atom is -0.381 e. The molecule has 4 nitrogen and oxygen atoms in total. The number of rotatable bonds is 4. The van der Waals surface area contributed by atoms with Crippen LogP contribution in [-0.4, -0.2) is 29.2 Å². The van der Waals surface area contributed by atoms with Gasteiger partial charge in [-0.25, -0.2) is 9.97 Å². The average molecular weight is 298 g/mol. The predicted octanol–water partition coefficient (Wildman–Crippen LogP) is 3.79. The number of halogens is 1. The minimum atomic E-state index is 0.270. The number of hydrogen-bond acceptors (Lipinski definition) is 4. The quantitative estimate of drug-likeness (QED) is 0.859. The molecule has 1 aromatic heterocycles. The Labute approximate surface area is 126 Å². The third-order valence-corrected chi connectivity index (χ3v) is 4.33. The molecular weight excluding hydrogens is 274 g/mol. The molecule has 112 valence electrons. The van der Waals surface area contributed by atoms with Gasteiger partial charge in [0.15, 0.2) is 0 Å². The second-order valence-corrected chi connectivity index (χ2v) is 6.24. The average Bonchev–Trinajstić information content (AvgIpc) is 2.44. The molecule has 20 heavy (non-hydrogen) atoms. The molecule has 0 aliphatic carbocycles. The van der Waals surface area contributed by atoms with Crippen molar-refractivity contribution in [3.8, 4) is 0 Å². The molecule has 0 spiro atoms. The van der Waals surface area contributed by atoms with Gasteiger partial charge >= 0.3 is 0 Å². The molecule has 1 unspecified atom stereocenters. The van der Waals surface area contributed by atoms with Gasteiger partial charge in [-0.15, -0.1) is 0 Å². The molecule has 0 bridgehead atoms. The Morgan fingerprint density at radius 1 is 1.20 bits per heavy atom. The fraction of sp³-hybridized carbons (Fsp3) is 0.733. The zero-order valence-corrected chi connectivity index (χ0v) is 13.5. The summed E-state index contributed by atoms with van der Waals surface area (Å²) < 4.78 is 5.42. The third-order valence-electron chi connectivity index (χ3n) is 3.96. The van der Waals surface area contributed by atoms with Crippen molar-refractivity contribution in [2.24, 2.45) is 5.92 Å². The van der Waals surface area contributed by atoms with E-state index in [1.807, 2.05) is 6.92 Å². The lowest BCUT2D eigenvalue weighted by atomic mass is 9.93. The summed E-state index contributed by atoms with van der Waals surface area (Å²) >= 11 is 6.22. The molecule has 1 aliphatic heterocycles. The molecule has 2 rings (SSSR count). The number of nitrogens with one attached hydrogen (secondary N) is 1. The molecule has 1 N–H and O–H groups in total. The molecular formula is C15H24ClN3O. The van der Waals surface area contributed by atoms with Crippen molar-refractivity contribution in [1.82, 2.24) is 9.97 Å². The number of aromatic nitrogens is 2. The predicted molar refractivity (Wildman–Crippen MR) is 82.5 cm³/mol. The van der Waals surface area contributed by atoms with E-state index < -0.39 is 0 Å². The van der Waals surface area contributed by atoms with E-state index in [0.29, 0.717) is 17.1 Å². The minimum absolute atomic E-state index is 0.270. The maximum Gasteiger partial charge on any atom is 0.137 e. The van der Waals surface area contributed by atoms with E-state index >= 15 is 0 Å². The summed E-state index contributed by atoms with van der Waals surface area (Å²) in [5.74, 6) is 2.56. The SMILES string of the molecule is Cc1c(Cl)nc(C(C)C)nc1NC(C)C1CCOCC1. The van der Waals surface area contributed by atoms with Gasteiger partial charge in [-0.3, -0.25) is 0 Å². The highest BCUT2D eigenvalue weighted by Gasteiger charge is 2.22. The smallest absolute Gasteiger partial charge is 0.137 e. The van der Waals surface area contributed by atoms with E-state index in [1.165, 1.54) is 0 Å². The van der Waals surface area contributed by atoms with Crippen LogP contribution in [0.4, 0.5) is 5.82 Å². The van der Waals surface area contributed by atoms with Crippen LogP contribution < -0.4 is 5.32 Å². The molecule has 5 heteroatoms. The zero-order valence-electron chi connectivity index (χ0n) is 12.7. The Morgan fingerprint density at radius 2 is 1.85 bits per heavy atom. The first-order valence-corrected chi connectivity index (χ1v) is 7.75. The highest BCUT2D eigenvalue weighted by atomic mass is 35.5. The number of ether oxygens (including phenoxy) is 1. The van der Waals surface area contributed by atoms with E-state index in [1.54, 1.807) is 0 Å². The van der Waals surface area contributed by atoms with Crippen molar-refractivity contribution in [1.29, 1.82) is 0 Å². The van der Waals surface area contributed by atoms with Gasteiger partial charge in [-0.2, -0.15) is 0 Å². The Morgan fingerprint density at radius 3 is 2.45 bits per heavy atom. The van der Waals surface area contributed by atoms with Gasteiger partial charge in [0, 0.05) is 30.7 Å². The van der Waals surface area contributed by atoms with Gasteiger partial charge in [0.05, 0.1) is 0 Å². The van der Waals surface area contributed by atoms with Crippen molar-refractivity contribution < 1.29 is 4.74 Å². The summed E-state index contributed by atoms with van der Waals surface area (Å²) in [5, 5.41) is 4.07. The fourth-order valence-corrected chi connectivity index (χ4v) is 2.63. The van der Waals surface area contributed by atoms with Crippen LogP contribution in [0.25, 0.3) is 0 Å². The highest BCUT2D eigenvalue weighted by Crippen LogP contribution is 2.26. The van der Waals surface area contributed by atoms with Gasteiger partial charge < -0.3 is 10.1 Å². The van der Waals surface area contributed by atoms with Crippen LogP contribution in [0.5, 0.6) is 0 Å². The summed E-state index contributed by atoms with van der Waals surface area (Å²) in [4.78, 5) is 8.98. The van der Waals surface area contributed by atoms with Crippen LogP contribution in [0.15, 0.2) is 0 Å². The molecule has 0 amide bonds. The largest absolute Gasteiger partial charge is 0.381 e. The second kappa shape index (κ2) is 6.72. The van der Waals surface area contributed by atoms with E-state index in [-0.39, 0.29) is 5.92 Å². The Kier molecular flexibility index (Phi) is 5.22. The Balaban J connectivity index is 2.15. The maximum atomic E-state index is 6.22. The van der Waals surface area contributed by atoms with Crippen LogP contribution in [0.3, 0.4) is 0 Å². The molecule has 1 saturated heterocycles. The molecule has 1 atom stereocenters. The second-order valence-electron chi connectivity index (χ2n) is 5.88. The molecule has 0 radical (unpaired) electrons. The van der Waals surface area contributed by atoms with E-state index in [4.69, 9.17) is 16.3 Å². The van der Waals surface area contributed by atoms with Crippen molar-refractivity contribution in [3.63, 3.8) is 0 Å². The van der Waals surface area contributed by atoms with Crippen LogP contribution in [0, 0.1) is 12.8 Å².